The first-order valence-corrected chi connectivity index (χ1v) is 12.0. The third-order valence-corrected chi connectivity index (χ3v) is 7.14. The molecule has 1 saturated carbocycles. The van der Waals surface area contributed by atoms with E-state index in [9.17, 15) is 14.9 Å². The number of hydrogen-bond donors (Lipinski definition) is 2. The molecule has 35 heavy (non-hydrogen) atoms. The van der Waals surface area contributed by atoms with Gasteiger partial charge in [-0.3, -0.25) is 14.3 Å². The Balaban J connectivity index is 1.49. The Morgan fingerprint density at radius 3 is 2.63 bits per heavy atom. The second kappa shape index (κ2) is 8.37. The van der Waals surface area contributed by atoms with Gasteiger partial charge in [0.25, 0.3) is 5.91 Å². The molecule has 182 valence electrons. The lowest BCUT2D eigenvalue weighted by Gasteiger charge is -2.21. The van der Waals surface area contributed by atoms with Crippen LogP contribution in [-0.4, -0.2) is 60.2 Å². The van der Waals surface area contributed by atoms with Gasteiger partial charge in [-0.25, -0.2) is 9.50 Å². The number of nitrogens with zero attached hydrogens (tertiary/aromatic N) is 7. The highest BCUT2D eigenvalue weighted by molar-refractivity contribution is 6.01. The van der Waals surface area contributed by atoms with Crippen LogP contribution in [0.5, 0.6) is 0 Å². The van der Waals surface area contributed by atoms with Crippen molar-refractivity contribution in [3.8, 4) is 17.3 Å². The van der Waals surface area contributed by atoms with E-state index in [1.807, 2.05) is 24.7 Å². The fourth-order valence-corrected chi connectivity index (χ4v) is 4.76. The molecule has 0 unspecified atom stereocenters. The van der Waals surface area contributed by atoms with Crippen LogP contribution in [0.25, 0.3) is 16.9 Å². The van der Waals surface area contributed by atoms with Gasteiger partial charge in [0.2, 0.25) is 5.91 Å². The van der Waals surface area contributed by atoms with E-state index in [0.717, 1.165) is 12.0 Å². The normalized spacial score (nSPS) is 20.8. The number of fused-ring (bicyclic) bond motifs is 1. The summed E-state index contributed by atoms with van der Waals surface area (Å²) in [6, 6.07) is 2.30. The number of rotatable bonds is 7. The Morgan fingerprint density at radius 1 is 1.26 bits per heavy atom. The van der Waals surface area contributed by atoms with Crippen molar-refractivity contribution in [2.24, 2.45) is 17.1 Å². The van der Waals surface area contributed by atoms with Crippen LogP contribution in [0.1, 0.15) is 56.4 Å². The minimum atomic E-state index is -0.853. The van der Waals surface area contributed by atoms with Gasteiger partial charge < -0.3 is 16.0 Å². The number of hydrogen-bond acceptors (Lipinski definition) is 7. The second-order valence-electron chi connectivity index (χ2n) is 9.82. The lowest BCUT2D eigenvalue weighted by Crippen LogP contribution is -2.36. The van der Waals surface area contributed by atoms with Crippen molar-refractivity contribution in [2.75, 3.05) is 18.4 Å². The zero-order valence-electron chi connectivity index (χ0n) is 20.1. The Hall–Kier alpha value is -3.94. The van der Waals surface area contributed by atoms with E-state index in [4.69, 9.17) is 10.7 Å². The van der Waals surface area contributed by atoms with Gasteiger partial charge in [0.15, 0.2) is 5.65 Å². The zero-order valence-corrected chi connectivity index (χ0v) is 20.1. The van der Waals surface area contributed by atoms with E-state index >= 15 is 0 Å². The summed E-state index contributed by atoms with van der Waals surface area (Å²) in [6.07, 6.45) is 8.98. The number of imidazole rings is 1. The zero-order chi connectivity index (χ0) is 24.9. The van der Waals surface area contributed by atoms with Crippen molar-refractivity contribution in [3.05, 3.63) is 30.4 Å². The molecular formula is C24H29N9O2. The molecule has 2 aliphatic rings. The number of carbonyl (C=O) groups is 2. The molecule has 0 aromatic carbocycles. The van der Waals surface area contributed by atoms with E-state index in [1.165, 1.54) is 6.20 Å². The molecular weight excluding hydrogens is 446 g/mol. The predicted octanol–water partition coefficient (Wildman–Crippen LogP) is 2.23. The van der Waals surface area contributed by atoms with Gasteiger partial charge in [0, 0.05) is 36.9 Å². The van der Waals surface area contributed by atoms with Crippen molar-refractivity contribution in [2.45, 2.75) is 52.1 Å². The van der Waals surface area contributed by atoms with E-state index in [1.54, 1.807) is 21.8 Å². The number of anilines is 1. The molecule has 1 aliphatic carbocycles. The van der Waals surface area contributed by atoms with Crippen LogP contribution < -0.4 is 11.1 Å². The van der Waals surface area contributed by atoms with Crippen molar-refractivity contribution < 1.29 is 9.59 Å². The van der Waals surface area contributed by atoms with Gasteiger partial charge in [0.05, 0.1) is 41.6 Å². The third kappa shape index (κ3) is 3.88. The van der Waals surface area contributed by atoms with Gasteiger partial charge >= 0.3 is 0 Å². The molecule has 2 fully saturated rings. The molecule has 4 heterocycles. The summed E-state index contributed by atoms with van der Waals surface area (Å²) in [7, 11) is 0. The second-order valence-corrected chi connectivity index (χ2v) is 9.82. The quantitative estimate of drug-likeness (QED) is 0.532. The summed E-state index contributed by atoms with van der Waals surface area (Å²) in [6.45, 7) is 7.18. The number of carbonyl (C=O) groups excluding carboxylic acids is 2. The van der Waals surface area contributed by atoms with Crippen molar-refractivity contribution in [3.63, 3.8) is 0 Å². The Kier molecular flexibility index (Phi) is 5.46. The van der Waals surface area contributed by atoms with E-state index < -0.39 is 11.3 Å². The number of nitrogens with two attached hydrogens (primary N) is 1. The highest BCUT2D eigenvalue weighted by Crippen LogP contribution is 2.47. The number of nitrogens with one attached hydrogen (secondary N) is 1. The molecule has 2 amide bonds. The van der Waals surface area contributed by atoms with Crippen LogP contribution in [-0.2, 0) is 4.79 Å². The first-order chi connectivity index (χ1) is 16.8. The molecule has 1 saturated heterocycles. The number of amides is 2. The topological polar surface area (TPSA) is 147 Å². The Labute approximate surface area is 202 Å². The van der Waals surface area contributed by atoms with E-state index in [2.05, 4.69) is 28.5 Å². The monoisotopic (exact) mass is 475 g/mol. The average Bonchev–Trinajstić information content (AvgIpc) is 3.19. The minimum absolute atomic E-state index is 0.0944. The van der Waals surface area contributed by atoms with Crippen LogP contribution in [0.15, 0.2) is 24.8 Å². The van der Waals surface area contributed by atoms with Crippen LogP contribution in [0, 0.1) is 22.7 Å². The lowest BCUT2D eigenvalue weighted by atomic mass is 10.0. The van der Waals surface area contributed by atoms with Crippen molar-refractivity contribution >= 4 is 23.1 Å². The van der Waals surface area contributed by atoms with Gasteiger partial charge in [-0.2, -0.15) is 15.5 Å². The van der Waals surface area contributed by atoms with Gasteiger partial charge in [0.1, 0.15) is 5.41 Å². The highest BCUT2D eigenvalue weighted by atomic mass is 16.2. The summed E-state index contributed by atoms with van der Waals surface area (Å²) in [4.78, 5) is 31.8. The molecule has 0 radical (unpaired) electrons. The van der Waals surface area contributed by atoms with Gasteiger partial charge in [-0.1, -0.05) is 6.92 Å². The molecule has 5 rings (SSSR count). The molecule has 11 heteroatoms. The van der Waals surface area contributed by atoms with Gasteiger partial charge in [-0.05, 0) is 39.0 Å². The summed E-state index contributed by atoms with van der Waals surface area (Å²) in [5.41, 5.74) is 7.56. The Bertz CT molecular complexity index is 1340. The SMILES string of the molecule is CC[C@@H]1CN(C(=O)C2(C#N)CC2)C[C@@H]1Nc1c(C(N)=O)cnn2cc(-c3cnn(C(C)C)c3)nc12. The maximum absolute atomic E-state index is 13.0. The van der Waals surface area contributed by atoms with E-state index in [0.29, 0.717) is 43.0 Å². The van der Waals surface area contributed by atoms with Crippen LogP contribution in [0.3, 0.4) is 0 Å². The fraction of sp³-hybridized carbons (Fsp3) is 0.500. The summed E-state index contributed by atoms with van der Waals surface area (Å²) in [5.74, 6) is -0.552. The molecule has 3 aromatic heterocycles. The highest BCUT2D eigenvalue weighted by Gasteiger charge is 2.54. The number of primary amides is 1. The molecule has 3 N–H and O–H groups in total. The summed E-state index contributed by atoms with van der Waals surface area (Å²) in [5, 5.41) is 21.7. The van der Waals surface area contributed by atoms with Crippen molar-refractivity contribution in [1.29, 1.82) is 5.26 Å². The van der Waals surface area contributed by atoms with E-state index in [-0.39, 0.29) is 29.5 Å². The Morgan fingerprint density at radius 2 is 2.03 bits per heavy atom. The van der Waals surface area contributed by atoms with Crippen molar-refractivity contribution in [1.82, 2.24) is 29.3 Å². The number of nitriles is 1. The van der Waals surface area contributed by atoms with Crippen LogP contribution in [0.4, 0.5) is 5.69 Å². The molecule has 0 bridgehead atoms. The smallest absolute Gasteiger partial charge is 0.252 e. The first-order valence-electron chi connectivity index (χ1n) is 12.0. The molecule has 2 atom stereocenters. The van der Waals surface area contributed by atoms with Crippen LogP contribution in [0.2, 0.25) is 0 Å². The minimum Gasteiger partial charge on any atom is -0.376 e. The molecule has 0 spiro atoms. The predicted molar refractivity (Wildman–Crippen MR) is 128 cm³/mol. The molecule has 3 aromatic rings. The molecule has 1 aliphatic heterocycles. The number of likely N-dealkylation sites (tertiary alicyclic amines) is 1. The fourth-order valence-electron chi connectivity index (χ4n) is 4.76. The maximum Gasteiger partial charge on any atom is 0.252 e. The first kappa shape index (κ1) is 22.8. The standard InChI is InChI=1S/C24H29N9O2/c1-4-15-9-31(23(35)24(13-25)5-6-24)11-18(15)29-20-17(21(26)34)8-28-33-12-19(30-22(20)33)16-7-27-32(10-16)14(2)3/h7-8,10,12,14-15,18,29H,4-6,9,11H2,1-3H3,(H2,26,34)/t15-,18+/m1/s1. The van der Waals surface area contributed by atoms with Gasteiger partial charge in [-0.15, -0.1) is 0 Å². The van der Waals surface area contributed by atoms with Crippen LogP contribution >= 0.6 is 0 Å². The summed E-state index contributed by atoms with van der Waals surface area (Å²) < 4.78 is 3.47. The molecule has 11 nitrogen and oxygen atoms in total. The third-order valence-electron chi connectivity index (χ3n) is 7.14. The average molecular weight is 476 g/mol. The summed E-state index contributed by atoms with van der Waals surface area (Å²) >= 11 is 0. The maximum atomic E-state index is 13.0. The lowest BCUT2D eigenvalue weighted by molar-refractivity contribution is -0.134. The largest absolute Gasteiger partial charge is 0.376 e. The number of aromatic nitrogens is 5.